The maximum Gasteiger partial charge on any atom is 0.235 e. The lowest BCUT2D eigenvalue weighted by Gasteiger charge is -2.36. The van der Waals surface area contributed by atoms with Gasteiger partial charge in [0, 0.05) is 49.4 Å². The number of nitrogens with zero attached hydrogens (tertiary/aromatic N) is 3. The maximum atomic E-state index is 13.5. The zero-order chi connectivity index (χ0) is 23.4. The summed E-state index contributed by atoms with van der Waals surface area (Å²) in [7, 11) is 0. The average molecular weight is 458 g/mol. The number of hydrogen-bond donors (Lipinski definition) is 2. The van der Waals surface area contributed by atoms with Crippen LogP contribution in [0.25, 0.3) is 0 Å². The largest absolute Gasteiger partial charge is 0.381 e. The summed E-state index contributed by atoms with van der Waals surface area (Å²) < 4.78 is 5.57. The molecule has 7 nitrogen and oxygen atoms in total. The Bertz CT molecular complexity index is 1120. The second-order valence-electron chi connectivity index (χ2n) is 9.11. The van der Waals surface area contributed by atoms with Gasteiger partial charge in [0.05, 0.1) is 5.41 Å². The zero-order valence-electron chi connectivity index (χ0n) is 19.6. The van der Waals surface area contributed by atoms with Crippen molar-refractivity contribution in [3.05, 3.63) is 71.9 Å². The van der Waals surface area contributed by atoms with Crippen molar-refractivity contribution in [3.63, 3.8) is 0 Å². The van der Waals surface area contributed by atoms with Crippen molar-refractivity contribution in [1.82, 2.24) is 9.97 Å². The summed E-state index contributed by atoms with van der Waals surface area (Å²) in [5.74, 6) is 1.58. The Kier molecular flexibility index (Phi) is 6.45. The quantitative estimate of drug-likeness (QED) is 0.553. The first-order chi connectivity index (χ1) is 16.6. The first-order valence-corrected chi connectivity index (χ1v) is 12.0. The molecule has 2 saturated heterocycles. The predicted molar refractivity (Wildman–Crippen MR) is 135 cm³/mol. The summed E-state index contributed by atoms with van der Waals surface area (Å²) >= 11 is 0. The fourth-order valence-electron chi connectivity index (χ4n) is 4.83. The molecular weight excluding hydrogens is 426 g/mol. The first kappa shape index (κ1) is 22.3. The molecule has 176 valence electrons. The van der Waals surface area contributed by atoms with Gasteiger partial charge < -0.3 is 20.3 Å². The summed E-state index contributed by atoms with van der Waals surface area (Å²) in [6, 6.07) is 19.8. The fraction of sp³-hybridized carbons (Fsp3) is 0.370. The summed E-state index contributed by atoms with van der Waals surface area (Å²) in [6.07, 6.45) is 3.72. The van der Waals surface area contributed by atoms with E-state index in [0.29, 0.717) is 26.1 Å². The van der Waals surface area contributed by atoms with Crippen LogP contribution < -0.4 is 15.5 Å². The number of hydrogen-bond acceptors (Lipinski definition) is 6. The second kappa shape index (κ2) is 9.81. The van der Waals surface area contributed by atoms with Crippen molar-refractivity contribution in [2.75, 3.05) is 41.8 Å². The number of amides is 1. The van der Waals surface area contributed by atoms with E-state index in [0.717, 1.165) is 47.5 Å². The molecule has 0 bridgehead atoms. The van der Waals surface area contributed by atoms with Crippen molar-refractivity contribution < 1.29 is 9.53 Å². The van der Waals surface area contributed by atoms with Gasteiger partial charge in [-0.15, -0.1) is 0 Å². The van der Waals surface area contributed by atoms with Gasteiger partial charge in [-0.3, -0.25) is 4.79 Å². The lowest BCUT2D eigenvalue weighted by Crippen LogP contribution is -2.44. The topological polar surface area (TPSA) is 79.4 Å². The average Bonchev–Trinajstić information content (AvgIpc) is 3.41. The molecule has 2 aliphatic heterocycles. The van der Waals surface area contributed by atoms with Crippen LogP contribution >= 0.6 is 0 Å². The molecule has 34 heavy (non-hydrogen) atoms. The number of rotatable bonds is 6. The molecule has 1 amide bonds. The number of nitrogens with one attached hydrogen (secondary N) is 2. The van der Waals surface area contributed by atoms with Crippen LogP contribution in [-0.2, 0) is 14.9 Å². The lowest BCUT2D eigenvalue weighted by molar-refractivity contribution is -0.125. The molecule has 2 N–H and O–H groups in total. The number of ether oxygens (including phenoxy) is 1. The van der Waals surface area contributed by atoms with Crippen LogP contribution in [0.3, 0.4) is 0 Å². The van der Waals surface area contributed by atoms with Crippen LogP contribution in [0.4, 0.5) is 23.1 Å². The van der Waals surface area contributed by atoms with Crippen molar-refractivity contribution >= 4 is 29.0 Å². The normalized spacial score (nSPS) is 17.4. The smallest absolute Gasteiger partial charge is 0.235 e. The SMILES string of the molecule is Cc1cc(Nc2ccc(NC(=O)C3(c4ccccc4)CCOCC3)cc2)nc(N2CCCC2)n1. The fourth-order valence-corrected chi connectivity index (χ4v) is 4.83. The van der Waals surface area contributed by atoms with E-state index in [1.165, 1.54) is 12.8 Å². The van der Waals surface area contributed by atoms with Crippen LogP contribution in [-0.4, -0.2) is 42.2 Å². The molecule has 2 aliphatic rings. The van der Waals surface area contributed by atoms with Crippen LogP contribution in [0.15, 0.2) is 60.7 Å². The minimum atomic E-state index is -0.569. The molecule has 0 atom stereocenters. The molecule has 0 aliphatic carbocycles. The Hall–Kier alpha value is -3.45. The van der Waals surface area contributed by atoms with Gasteiger partial charge in [-0.1, -0.05) is 30.3 Å². The van der Waals surface area contributed by atoms with Gasteiger partial charge in [0.2, 0.25) is 11.9 Å². The molecule has 0 unspecified atom stereocenters. The monoisotopic (exact) mass is 457 g/mol. The molecule has 1 aromatic heterocycles. The van der Waals surface area contributed by atoms with Gasteiger partial charge in [0.1, 0.15) is 5.82 Å². The number of anilines is 4. The van der Waals surface area contributed by atoms with Gasteiger partial charge in [-0.05, 0) is 62.4 Å². The minimum Gasteiger partial charge on any atom is -0.381 e. The first-order valence-electron chi connectivity index (χ1n) is 12.0. The molecule has 5 rings (SSSR count). The molecule has 3 heterocycles. The van der Waals surface area contributed by atoms with Crippen molar-refractivity contribution in [2.45, 2.75) is 38.0 Å². The highest BCUT2D eigenvalue weighted by Crippen LogP contribution is 2.36. The second-order valence-corrected chi connectivity index (χ2v) is 9.11. The summed E-state index contributed by atoms with van der Waals surface area (Å²) in [5, 5.41) is 6.52. The molecule has 2 aromatic carbocycles. The maximum absolute atomic E-state index is 13.5. The van der Waals surface area contributed by atoms with E-state index in [4.69, 9.17) is 9.72 Å². The van der Waals surface area contributed by atoms with E-state index in [1.807, 2.05) is 67.6 Å². The lowest BCUT2D eigenvalue weighted by atomic mass is 9.73. The highest BCUT2D eigenvalue weighted by molar-refractivity contribution is 5.99. The van der Waals surface area contributed by atoms with Gasteiger partial charge in [0.25, 0.3) is 0 Å². The molecular formula is C27H31N5O2. The molecule has 3 aromatic rings. The highest BCUT2D eigenvalue weighted by Gasteiger charge is 2.41. The van der Waals surface area contributed by atoms with Crippen LogP contribution in [0, 0.1) is 6.92 Å². The molecule has 7 heteroatoms. The molecule has 2 fully saturated rings. The van der Waals surface area contributed by atoms with E-state index in [-0.39, 0.29) is 5.91 Å². The van der Waals surface area contributed by atoms with Crippen LogP contribution in [0.1, 0.15) is 36.9 Å². The number of aryl methyl sites for hydroxylation is 1. The number of benzene rings is 2. The number of aromatic nitrogens is 2. The summed E-state index contributed by atoms with van der Waals surface area (Å²) in [6.45, 7) is 5.18. The third-order valence-corrected chi connectivity index (χ3v) is 6.75. The summed E-state index contributed by atoms with van der Waals surface area (Å²) in [5.41, 5.74) is 3.09. The predicted octanol–water partition coefficient (Wildman–Crippen LogP) is 4.82. The van der Waals surface area contributed by atoms with E-state index in [1.54, 1.807) is 0 Å². The Morgan fingerprint density at radius 3 is 2.32 bits per heavy atom. The standard InChI is InChI=1S/C27H31N5O2/c1-20-19-24(31-26(28-20)32-15-5-6-16-32)29-22-9-11-23(12-10-22)30-25(33)27(13-17-34-18-14-27)21-7-3-2-4-8-21/h2-4,7-12,19H,5-6,13-18H2,1H3,(H,30,33)(H,28,29,31). The minimum absolute atomic E-state index is 0.0180. The molecule has 0 saturated carbocycles. The Morgan fingerprint density at radius 2 is 1.62 bits per heavy atom. The highest BCUT2D eigenvalue weighted by atomic mass is 16.5. The van der Waals surface area contributed by atoms with E-state index < -0.39 is 5.41 Å². The number of carbonyl (C=O) groups is 1. The van der Waals surface area contributed by atoms with Crippen molar-refractivity contribution in [1.29, 1.82) is 0 Å². The Labute approximate surface area is 200 Å². The number of carbonyl (C=O) groups excluding carboxylic acids is 1. The van der Waals surface area contributed by atoms with Crippen molar-refractivity contribution in [3.8, 4) is 0 Å². The van der Waals surface area contributed by atoms with Gasteiger partial charge >= 0.3 is 0 Å². The van der Waals surface area contributed by atoms with Gasteiger partial charge in [0.15, 0.2) is 0 Å². The van der Waals surface area contributed by atoms with Gasteiger partial charge in [-0.25, -0.2) is 4.98 Å². The third-order valence-electron chi connectivity index (χ3n) is 6.75. The van der Waals surface area contributed by atoms with E-state index >= 15 is 0 Å². The van der Waals surface area contributed by atoms with Crippen LogP contribution in [0.5, 0.6) is 0 Å². The summed E-state index contributed by atoms with van der Waals surface area (Å²) in [4.78, 5) is 25.0. The van der Waals surface area contributed by atoms with Gasteiger partial charge in [-0.2, -0.15) is 4.98 Å². The molecule has 0 spiro atoms. The Balaban J connectivity index is 1.29. The van der Waals surface area contributed by atoms with E-state index in [2.05, 4.69) is 20.5 Å². The zero-order valence-corrected chi connectivity index (χ0v) is 19.6. The van der Waals surface area contributed by atoms with Crippen LogP contribution in [0.2, 0.25) is 0 Å². The Morgan fingerprint density at radius 1 is 0.941 bits per heavy atom. The van der Waals surface area contributed by atoms with Crippen molar-refractivity contribution in [2.24, 2.45) is 0 Å². The van der Waals surface area contributed by atoms with E-state index in [9.17, 15) is 4.79 Å². The molecule has 0 radical (unpaired) electrons. The third kappa shape index (κ3) is 4.75.